The predicted octanol–water partition coefficient (Wildman–Crippen LogP) is 3.02. The average Bonchev–Trinajstić information content (AvgIpc) is 2.71. The molecular weight excluding hydrogens is 226 g/mol. The third-order valence-corrected chi connectivity index (χ3v) is 3.60. The molecule has 0 amide bonds. The molecule has 0 saturated heterocycles. The maximum Gasteiger partial charge on any atom is 0.119 e. The zero-order chi connectivity index (χ0) is 9.26. The minimum absolute atomic E-state index is 0.00374. The summed E-state index contributed by atoms with van der Waals surface area (Å²) in [7, 11) is 0. The summed E-state index contributed by atoms with van der Waals surface area (Å²) in [5.41, 5.74) is 0.894. The van der Waals surface area contributed by atoms with Gasteiger partial charge in [0.15, 0.2) is 0 Å². The molecule has 13 heavy (non-hydrogen) atoms. The van der Waals surface area contributed by atoms with Crippen molar-refractivity contribution in [3.05, 3.63) is 26.9 Å². The van der Waals surface area contributed by atoms with Gasteiger partial charge in [0.25, 0.3) is 0 Å². The largest absolute Gasteiger partial charge is 0.389 e. The molecule has 0 aromatic carbocycles. The minimum atomic E-state index is 0.00374. The zero-order valence-electron chi connectivity index (χ0n) is 6.53. The van der Waals surface area contributed by atoms with Crippen LogP contribution in [0, 0.1) is 0 Å². The van der Waals surface area contributed by atoms with Crippen molar-refractivity contribution in [2.24, 2.45) is 0 Å². The van der Waals surface area contributed by atoms with Crippen LogP contribution < -0.4 is 0 Å². The van der Waals surface area contributed by atoms with E-state index in [9.17, 15) is 0 Å². The Morgan fingerprint density at radius 3 is 2.85 bits per heavy atom. The van der Waals surface area contributed by atoms with Gasteiger partial charge in [0, 0.05) is 5.38 Å². The molecule has 0 unspecified atom stereocenters. The highest BCUT2D eigenvalue weighted by atomic mass is 35.5. The highest BCUT2D eigenvalue weighted by molar-refractivity contribution is 7.19. The maximum absolute atomic E-state index is 8.83. The van der Waals surface area contributed by atoms with Gasteiger partial charge in [0.05, 0.1) is 21.5 Å². The van der Waals surface area contributed by atoms with Gasteiger partial charge in [0.2, 0.25) is 0 Å². The fraction of sp³-hybridized carbons (Fsp3) is 0.125. The SMILES string of the molecule is OCc1nc(-c2ccc(Cl)s2)cs1. The summed E-state index contributed by atoms with van der Waals surface area (Å²) in [5.74, 6) is 0. The number of nitrogens with zero attached hydrogens (tertiary/aromatic N) is 1. The van der Waals surface area contributed by atoms with Gasteiger partial charge in [-0.05, 0) is 12.1 Å². The quantitative estimate of drug-likeness (QED) is 0.862. The predicted molar refractivity (Wildman–Crippen MR) is 56.4 cm³/mol. The van der Waals surface area contributed by atoms with E-state index in [-0.39, 0.29) is 6.61 Å². The van der Waals surface area contributed by atoms with Gasteiger partial charge >= 0.3 is 0 Å². The van der Waals surface area contributed by atoms with E-state index in [1.54, 1.807) is 0 Å². The topological polar surface area (TPSA) is 33.1 Å². The molecule has 0 atom stereocenters. The Morgan fingerprint density at radius 1 is 1.46 bits per heavy atom. The lowest BCUT2D eigenvalue weighted by atomic mass is 10.4. The second-order valence-electron chi connectivity index (χ2n) is 2.39. The molecular formula is C8H6ClNOS2. The Labute approximate surface area is 88.5 Å². The van der Waals surface area contributed by atoms with E-state index in [1.165, 1.54) is 22.7 Å². The first kappa shape index (κ1) is 9.15. The van der Waals surface area contributed by atoms with Gasteiger partial charge < -0.3 is 5.11 Å². The number of aliphatic hydroxyl groups is 1. The number of halogens is 1. The first-order valence-electron chi connectivity index (χ1n) is 3.60. The smallest absolute Gasteiger partial charge is 0.119 e. The number of rotatable bonds is 2. The normalized spacial score (nSPS) is 10.6. The summed E-state index contributed by atoms with van der Waals surface area (Å²) in [5, 5.41) is 11.5. The fourth-order valence-corrected chi connectivity index (χ4v) is 2.68. The van der Waals surface area contributed by atoms with E-state index in [4.69, 9.17) is 16.7 Å². The van der Waals surface area contributed by atoms with E-state index in [0.717, 1.165) is 19.9 Å². The van der Waals surface area contributed by atoms with Crippen molar-refractivity contribution in [1.29, 1.82) is 0 Å². The molecule has 0 spiro atoms. The Bertz CT molecular complexity index is 410. The summed E-state index contributed by atoms with van der Waals surface area (Å²) < 4.78 is 0.758. The standard InChI is InChI=1S/C8H6ClNOS2/c9-7-2-1-6(13-7)5-4-12-8(3-11)10-5/h1-2,4,11H,3H2. The van der Waals surface area contributed by atoms with E-state index in [0.29, 0.717) is 0 Å². The Hall–Kier alpha value is -0.420. The highest BCUT2D eigenvalue weighted by Gasteiger charge is 2.05. The van der Waals surface area contributed by atoms with Gasteiger partial charge in [-0.25, -0.2) is 4.98 Å². The molecule has 2 nitrogen and oxygen atoms in total. The molecule has 0 radical (unpaired) electrons. The van der Waals surface area contributed by atoms with Crippen LogP contribution in [0.25, 0.3) is 10.6 Å². The lowest BCUT2D eigenvalue weighted by molar-refractivity contribution is 0.281. The summed E-state index contributed by atoms with van der Waals surface area (Å²) in [4.78, 5) is 5.28. The van der Waals surface area contributed by atoms with Crippen LogP contribution in [0.5, 0.6) is 0 Å². The molecule has 0 aliphatic rings. The van der Waals surface area contributed by atoms with Crippen LogP contribution in [-0.2, 0) is 6.61 Å². The number of aromatic nitrogens is 1. The van der Waals surface area contributed by atoms with Crippen LogP contribution in [0.4, 0.5) is 0 Å². The van der Waals surface area contributed by atoms with Crippen LogP contribution in [-0.4, -0.2) is 10.1 Å². The van der Waals surface area contributed by atoms with Crippen molar-refractivity contribution in [3.63, 3.8) is 0 Å². The zero-order valence-corrected chi connectivity index (χ0v) is 8.92. The van der Waals surface area contributed by atoms with Crippen LogP contribution in [0.1, 0.15) is 5.01 Å². The van der Waals surface area contributed by atoms with Crippen molar-refractivity contribution in [2.75, 3.05) is 0 Å². The second kappa shape index (κ2) is 3.75. The maximum atomic E-state index is 8.83. The number of hydrogen-bond donors (Lipinski definition) is 1. The van der Waals surface area contributed by atoms with Crippen LogP contribution >= 0.6 is 34.3 Å². The van der Waals surface area contributed by atoms with Crippen molar-refractivity contribution >= 4 is 34.3 Å². The van der Waals surface area contributed by atoms with Crippen LogP contribution in [0.2, 0.25) is 4.34 Å². The first-order valence-corrected chi connectivity index (χ1v) is 5.68. The summed E-state index contributed by atoms with van der Waals surface area (Å²) in [6.45, 7) is 0.00374. The van der Waals surface area contributed by atoms with Crippen molar-refractivity contribution in [2.45, 2.75) is 6.61 Å². The van der Waals surface area contributed by atoms with Gasteiger partial charge in [0.1, 0.15) is 5.01 Å². The Balaban J connectivity index is 2.35. The molecule has 0 bridgehead atoms. The van der Waals surface area contributed by atoms with E-state index < -0.39 is 0 Å². The van der Waals surface area contributed by atoms with E-state index >= 15 is 0 Å². The van der Waals surface area contributed by atoms with Crippen molar-refractivity contribution < 1.29 is 5.11 Å². The Morgan fingerprint density at radius 2 is 2.31 bits per heavy atom. The molecule has 0 saturated carbocycles. The summed E-state index contributed by atoms with van der Waals surface area (Å²) in [6, 6.07) is 3.78. The number of thiazole rings is 1. The first-order chi connectivity index (χ1) is 6.29. The summed E-state index contributed by atoms with van der Waals surface area (Å²) in [6.07, 6.45) is 0. The number of aliphatic hydroxyl groups excluding tert-OH is 1. The lowest BCUT2D eigenvalue weighted by Gasteiger charge is -1.86. The van der Waals surface area contributed by atoms with Crippen LogP contribution in [0.3, 0.4) is 0 Å². The Kier molecular flexibility index (Phi) is 2.64. The molecule has 5 heteroatoms. The van der Waals surface area contributed by atoms with Crippen molar-refractivity contribution in [3.8, 4) is 10.6 Å². The lowest BCUT2D eigenvalue weighted by Crippen LogP contribution is -1.79. The van der Waals surface area contributed by atoms with Gasteiger partial charge in [-0.1, -0.05) is 11.6 Å². The van der Waals surface area contributed by atoms with E-state index in [2.05, 4.69) is 4.98 Å². The molecule has 2 aromatic rings. The molecule has 68 valence electrons. The van der Waals surface area contributed by atoms with Gasteiger partial charge in [-0.2, -0.15) is 0 Å². The fourth-order valence-electron chi connectivity index (χ4n) is 0.949. The second-order valence-corrected chi connectivity index (χ2v) is 5.05. The average molecular weight is 232 g/mol. The van der Waals surface area contributed by atoms with Gasteiger partial charge in [-0.15, -0.1) is 22.7 Å². The molecule has 0 fully saturated rings. The summed E-state index contributed by atoms with van der Waals surface area (Å²) >= 11 is 8.74. The van der Waals surface area contributed by atoms with E-state index in [1.807, 2.05) is 17.5 Å². The number of hydrogen-bond acceptors (Lipinski definition) is 4. The monoisotopic (exact) mass is 231 g/mol. The van der Waals surface area contributed by atoms with Crippen molar-refractivity contribution in [1.82, 2.24) is 4.98 Å². The molecule has 0 aliphatic carbocycles. The molecule has 2 rings (SSSR count). The molecule has 0 aliphatic heterocycles. The van der Waals surface area contributed by atoms with Gasteiger partial charge in [-0.3, -0.25) is 0 Å². The molecule has 2 aromatic heterocycles. The molecule has 2 heterocycles. The minimum Gasteiger partial charge on any atom is -0.389 e. The van der Waals surface area contributed by atoms with Crippen LogP contribution in [0.15, 0.2) is 17.5 Å². The third-order valence-electron chi connectivity index (χ3n) is 1.51. The third kappa shape index (κ3) is 1.91. The number of thiophene rings is 1. The highest BCUT2D eigenvalue weighted by Crippen LogP contribution is 2.31. The molecule has 1 N–H and O–H groups in total.